The van der Waals surface area contributed by atoms with Crippen molar-refractivity contribution < 1.29 is 0 Å². The van der Waals surface area contributed by atoms with Crippen LogP contribution in [0.5, 0.6) is 0 Å². The second-order valence-corrected chi connectivity index (χ2v) is 34.6. The molecule has 0 heterocycles. The summed E-state index contributed by atoms with van der Waals surface area (Å²) in [4.78, 5) is 4.26. The average Bonchev–Trinajstić information content (AvgIpc) is 1.54. The van der Waals surface area contributed by atoms with Gasteiger partial charge in [-0.2, -0.15) is 0 Å². The van der Waals surface area contributed by atoms with Gasteiger partial charge in [0.1, 0.15) is 0 Å². The smallest absolute Gasteiger partial charge is 0.0713 e. The van der Waals surface area contributed by atoms with Gasteiger partial charge in [0.15, 0.2) is 0 Å². The van der Waals surface area contributed by atoms with Gasteiger partial charge in [0.05, 0.1) is 10.8 Å². The zero-order valence-corrected chi connectivity index (χ0v) is 79.9. The van der Waals surface area contributed by atoms with Crippen molar-refractivity contribution >= 4 is 11.4 Å². The largest absolute Gasteiger partial charge is 0.377 e. The topological polar surface area (TPSA) is 6.48 Å². The minimum atomic E-state index is -0.254. The van der Waals surface area contributed by atoms with Crippen molar-refractivity contribution in [3.8, 4) is 66.8 Å². The third-order valence-electron chi connectivity index (χ3n) is 25.5. The first-order chi connectivity index (χ1) is 64.5. The Morgan fingerprint density at radius 2 is 0.402 bits per heavy atom. The van der Waals surface area contributed by atoms with Crippen LogP contribution in [0.25, 0.3) is 66.8 Å². The van der Waals surface area contributed by atoms with Crippen molar-refractivity contribution in [1.82, 2.24) is 0 Å². The molecule has 0 amide bonds. The molecule has 0 radical (unpaired) electrons. The number of benzene rings is 17. The van der Waals surface area contributed by atoms with E-state index in [2.05, 4.69) is 509 Å². The van der Waals surface area contributed by atoms with Crippen LogP contribution >= 0.6 is 0 Å². The highest BCUT2D eigenvalue weighted by molar-refractivity contribution is 5.89. The molecule has 2 nitrogen and oxygen atoms in total. The molecule has 0 aliphatic heterocycles. The number of hydrogen-bond acceptors (Lipinski definition) is 2. The van der Waals surface area contributed by atoms with Crippen LogP contribution in [-0.2, 0) is 28.1 Å². The normalized spacial score (nSPS) is 13.1. The van der Waals surface area contributed by atoms with Crippen molar-refractivity contribution in [3.63, 3.8) is 0 Å². The van der Waals surface area contributed by atoms with Crippen LogP contribution in [0, 0.1) is 6.92 Å². The van der Waals surface area contributed by atoms with E-state index in [1.165, 1.54) is 162 Å². The lowest BCUT2D eigenvalue weighted by Gasteiger charge is -2.33. The molecule has 0 saturated heterocycles. The molecule has 0 bridgehead atoms. The van der Waals surface area contributed by atoms with E-state index in [1.54, 1.807) is 0 Å². The molecule has 0 N–H and O–H groups in total. The lowest BCUT2D eigenvalue weighted by Crippen LogP contribution is -2.28. The Labute approximate surface area is 789 Å². The highest BCUT2D eigenvalue weighted by atomic mass is 15.1. The molecule has 0 fully saturated rings. The summed E-state index contributed by atoms with van der Waals surface area (Å²) in [5, 5.41) is 0. The molecule has 0 atom stereocenters. The first-order valence-electron chi connectivity index (χ1n) is 46.7. The van der Waals surface area contributed by atoms with Crippen molar-refractivity contribution in [1.29, 1.82) is 0 Å². The minimum absolute atomic E-state index is 0.160. The van der Waals surface area contributed by atoms with Crippen LogP contribution in [0.15, 0.2) is 491 Å². The molecule has 22 rings (SSSR count). The van der Waals surface area contributed by atoms with Gasteiger partial charge in [0.25, 0.3) is 0 Å². The molecule has 5 aliphatic rings. The second-order valence-electron chi connectivity index (χ2n) is 34.6. The average molecular weight is 1720 g/mol. The fourth-order valence-electron chi connectivity index (χ4n) is 19.5. The molecule has 132 heavy (non-hydrogen) atoms. The molecule has 5 aliphatic carbocycles. The maximum Gasteiger partial charge on any atom is 0.0713 e. The molecule has 2 heteroatoms. The minimum Gasteiger partial charge on any atom is -0.377 e. The van der Waals surface area contributed by atoms with Crippen LogP contribution in [0.1, 0.15) is 153 Å². The highest BCUT2D eigenvalue weighted by Gasteiger charge is 2.47. The Morgan fingerprint density at radius 3 is 0.652 bits per heavy atom. The maximum absolute atomic E-state index is 2.30. The lowest BCUT2D eigenvalue weighted by atomic mass is 9.68. The standard InChI is InChI=1S/2C25H18.2C15H14.C14H15N.C13H10.C9H13N.2C6H10.C2H6/c2*1-3-11-19(12-4-1)25(20-13-5-2-6-14-20)23-17-9-7-15-21(23)22-16-8-10-18-24(22)25;2*1-15(2)13-9-5-3-7-11(13)12-8-4-6-10-14(12)15;1-15(2)14-11-7-6-10-13(14)12-8-4-3-5-9-12;1-3-7-12-10(5-1)9-11-6-2-4-8-13(11)12;1-8-6-4-5-7-9(8)10(2)3;2*1-3-5-6-4-2;1-2/h2*1-18H;2*3-10H,1-2H3;3-11H,1-2H3;1-8H,9H2;4-7H,1-3H3;2*3-6H,1-2H3;1-2H3/b;;;;;;;2*5-3-,6-4-;. The Balaban J connectivity index is 0.000000130. The van der Waals surface area contributed by atoms with Crippen LogP contribution in [0.3, 0.4) is 0 Å². The fraction of sp³-hybridized carbons (Fsp3) is 0.154. The van der Waals surface area contributed by atoms with Crippen LogP contribution in [0.2, 0.25) is 0 Å². The predicted octanol–water partition coefficient (Wildman–Crippen LogP) is 34.1. The van der Waals surface area contributed by atoms with E-state index in [1.807, 2.05) is 96.2 Å². The second kappa shape index (κ2) is 45.5. The van der Waals surface area contributed by atoms with E-state index in [0.29, 0.717) is 0 Å². The molecule has 0 aromatic heterocycles. The lowest BCUT2D eigenvalue weighted by molar-refractivity contribution is 0.660. The molecule has 658 valence electrons. The van der Waals surface area contributed by atoms with Gasteiger partial charge in [-0.25, -0.2) is 0 Å². The van der Waals surface area contributed by atoms with E-state index in [4.69, 9.17) is 0 Å². The van der Waals surface area contributed by atoms with Gasteiger partial charge in [0.2, 0.25) is 0 Å². The summed E-state index contributed by atoms with van der Waals surface area (Å²) >= 11 is 0. The van der Waals surface area contributed by atoms with Crippen molar-refractivity contribution in [2.45, 2.75) is 104 Å². The third kappa shape index (κ3) is 20.5. The molecule has 0 spiro atoms. The van der Waals surface area contributed by atoms with Gasteiger partial charge < -0.3 is 9.80 Å². The third-order valence-corrected chi connectivity index (χ3v) is 25.5. The van der Waals surface area contributed by atoms with Crippen LogP contribution < -0.4 is 9.80 Å². The molecule has 0 saturated carbocycles. The number of aryl methyl sites for hydroxylation is 1. The zero-order valence-electron chi connectivity index (χ0n) is 79.9. The van der Waals surface area contributed by atoms with E-state index in [0.717, 1.165) is 6.42 Å². The number of hydrogen-bond donors (Lipinski definition) is 0. The van der Waals surface area contributed by atoms with E-state index < -0.39 is 0 Å². The van der Waals surface area contributed by atoms with Crippen LogP contribution in [-0.4, -0.2) is 28.2 Å². The molecule has 17 aromatic carbocycles. The summed E-state index contributed by atoms with van der Waals surface area (Å²) in [7, 11) is 8.26. The number of allylic oxidation sites excluding steroid dienone is 8. The van der Waals surface area contributed by atoms with Crippen LogP contribution in [0.4, 0.5) is 11.4 Å². The van der Waals surface area contributed by atoms with Gasteiger partial charge in [-0.3, -0.25) is 0 Å². The Kier molecular flexibility index (Phi) is 32.7. The Bertz CT molecular complexity index is 6040. The highest BCUT2D eigenvalue weighted by Crippen LogP contribution is 2.58. The van der Waals surface area contributed by atoms with Gasteiger partial charge in [0, 0.05) is 56.0 Å². The van der Waals surface area contributed by atoms with E-state index >= 15 is 0 Å². The summed E-state index contributed by atoms with van der Waals surface area (Å²) < 4.78 is 0. The van der Waals surface area contributed by atoms with Gasteiger partial charge in [-0.05, 0) is 198 Å². The fourth-order valence-corrected chi connectivity index (χ4v) is 19.5. The SMILES string of the molecule is C/C=C\C=C/C.C/C=C\C=C/C.CC.CC1(C)c2ccccc2-c2ccccc21.CC1(C)c2ccccc2-c2ccccc21.CN(C)c1ccccc1-c1ccccc1.Cc1ccccc1N(C)C.c1ccc(C2(c3ccccc3)c3ccccc3-c3ccccc32)cc1.c1ccc(C2(c3ccccc3)c3ccccc3-c3ccccc32)cc1.c1ccc2c(c1)Cc1ccccc1-2. The van der Waals surface area contributed by atoms with Crippen molar-refractivity contribution in [2.24, 2.45) is 0 Å². The number of para-hydroxylation sites is 2. The van der Waals surface area contributed by atoms with E-state index in [9.17, 15) is 0 Å². The number of fused-ring (bicyclic) bond motifs is 15. The van der Waals surface area contributed by atoms with Gasteiger partial charge >= 0.3 is 0 Å². The summed E-state index contributed by atoms with van der Waals surface area (Å²) in [5.41, 5.74) is 39.5. The van der Waals surface area contributed by atoms with Crippen molar-refractivity contribution in [3.05, 3.63) is 575 Å². The quantitative estimate of drug-likeness (QED) is 0.133. The predicted molar refractivity (Wildman–Crippen MR) is 573 cm³/mol. The number of anilines is 2. The Hall–Kier alpha value is -14.7. The van der Waals surface area contributed by atoms with Gasteiger partial charge in [-0.15, -0.1) is 0 Å². The summed E-state index contributed by atoms with van der Waals surface area (Å²) in [6.07, 6.45) is 17.1. The molecular formula is C130H128N2. The molecule has 17 aromatic rings. The summed E-state index contributed by atoms with van der Waals surface area (Å²) in [5.74, 6) is 0. The number of rotatable bonds is 9. The summed E-state index contributed by atoms with van der Waals surface area (Å²) in [6.45, 7) is 23.3. The number of nitrogens with zero attached hydrogens (tertiary/aromatic N) is 2. The van der Waals surface area contributed by atoms with Gasteiger partial charge in [-0.1, -0.05) is 521 Å². The first-order valence-corrected chi connectivity index (χ1v) is 46.7. The Morgan fingerprint density at radius 1 is 0.205 bits per heavy atom. The van der Waals surface area contributed by atoms with E-state index in [-0.39, 0.29) is 21.7 Å². The maximum atomic E-state index is 2.30. The monoisotopic (exact) mass is 1720 g/mol. The summed E-state index contributed by atoms with van der Waals surface area (Å²) in [6, 6.07) is 158. The molecular weight excluding hydrogens is 1590 g/mol. The first kappa shape index (κ1) is 94.9. The zero-order chi connectivity index (χ0) is 92.9. The molecule has 0 unspecified atom stereocenters. The van der Waals surface area contributed by atoms with Crippen molar-refractivity contribution in [2.75, 3.05) is 38.0 Å².